The zero-order valence-corrected chi connectivity index (χ0v) is 20.6. The number of carboxylic acids is 1. The summed E-state index contributed by atoms with van der Waals surface area (Å²) in [7, 11) is 0. The third-order valence-electron chi connectivity index (χ3n) is 5.04. The molecule has 0 bridgehead atoms. The van der Waals surface area contributed by atoms with Crippen molar-refractivity contribution in [2.75, 3.05) is 25.4 Å². The van der Waals surface area contributed by atoms with Crippen molar-refractivity contribution in [3.05, 3.63) is 12.2 Å². The van der Waals surface area contributed by atoms with Gasteiger partial charge in [0.05, 0.1) is 18.8 Å². The summed E-state index contributed by atoms with van der Waals surface area (Å²) in [6.07, 6.45) is -0.475. The molecule has 11 nitrogen and oxygen atoms in total. The molecule has 1 saturated heterocycles. The first kappa shape index (κ1) is 30.0. The summed E-state index contributed by atoms with van der Waals surface area (Å²) >= 11 is 0.883. The summed E-state index contributed by atoms with van der Waals surface area (Å²) in [5.41, 5.74) is -0.616. The Morgan fingerprint density at radius 3 is 2.47 bits per heavy atom. The second-order valence-corrected chi connectivity index (χ2v) is 9.76. The number of nitrogens with one attached hydrogen (secondary N) is 2. The standard InChI is InChI=1S/C22H36N2O9S/c1-4-14(25)11-15(26)12-19-32-13-22(2,3)20(33-19)21(31)24-8-7-16(27)23-9-10-34-18(30)6-5-17(28)29/h5-6,14-15,19-20,25-26H,4,7-13H2,1-3H3,(H,23,27)(H,24,31)(H,28,29)/b6-5+/t14?,15?,19?,20-/m0/s1. The second kappa shape index (κ2) is 15.1. The van der Waals surface area contributed by atoms with Gasteiger partial charge in [-0.25, -0.2) is 4.79 Å². The van der Waals surface area contributed by atoms with Gasteiger partial charge in [-0.05, 0) is 18.9 Å². The molecule has 3 unspecified atom stereocenters. The lowest BCUT2D eigenvalue weighted by molar-refractivity contribution is -0.261. The minimum Gasteiger partial charge on any atom is -0.478 e. The second-order valence-electron chi connectivity index (χ2n) is 8.66. The molecule has 194 valence electrons. The first-order valence-corrected chi connectivity index (χ1v) is 12.2. The van der Waals surface area contributed by atoms with E-state index in [4.69, 9.17) is 14.6 Å². The fourth-order valence-corrected chi connectivity index (χ4v) is 3.68. The number of rotatable bonds is 14. The predicted octanol–water partition coefficient (Wildman–Crippen LogP) is 0.189. The fraction of sp³-hybridized carbons (Fsp3) is 0.727. The van der Waals surface area contributed by atoms with Crippen molar-refractivity contribution in [3.8, 4) is 0 Å². The van der Waals surface area contributed by atoms with E-state index in [1.165, 1.54) is 0 Å². The van der Waals surface area contributed by atoms with Crippen LogP contribution in [0.1, 0.15) is 46.5 Å². The molecule has 34 heavy (non-hydrogen) atoms. The molecule has 0 radical (unpaired) electrons. The van der Waals surface area contributed by atoms with E-state index in [0.717, 1.165) is 23.9 Å². The Labute approximate surface area is 203 Å². The number of ether oxygens (including phenoxy) is 2. The minimum absolute atomic E-state index is 0.0317. The van der Waals surface area contributed by atoms with Crippen LogP contribution in [0.15, 0.2) is 12.2 Å². The molecule has 0 aromatic rings. The van der Waals surface area contributed by atoms with Gasteiger partial charge in [0.15, 0.2) is 6.29 Å². The third-order valence-corrected chi connectivity index (χ3v) is 5.87. The zero-order valence-electron chi connectivity index (χ0n) is 19.8. The Balaban J connectivity index is 2.36. The third kappa shape index (κ3) is 11.9. The first-order valence-electron chi connectivity index (χ1n) is 11.2. The van der Waals surface area contributed by atoms with Gasteiger partial charge < -0.3 is 35.4 Å². The molecule has 0 saturated carbocycles. The van der Waals surface area contributed by atoms with Crippen LogP contribution < -0.4 is 10.6 Å². The molecule has 4 atom stereocenters. The van der Waals surface area contributed by atoms with E-state index in [-0.39, 0.29) is 56.5 Å². The molecule has 12 heteroatoms. The number of aliphatic hydroxyl groups excluding tert-OH is 2. The van der Waals surface area contributed by atoms with Crippen LogP contribution >= 0.6 is 11.8 Å². The molecule has 1 heterocycles. The van der Waals surface area contributed by atoms with Crippen molar-refractivity contribution in [3.63, 3.8) is 0 Å². The quantitative estimate of drug-likeness (QED) is 0.162. The van der Waals surface area contributed by atoms with Crippen molar-refractivity contribution in [1.29, 1.82) is 0 Å². The number of hydrogen-bond donors (Lipinski definition) is 5. The maximum atomic E-state index is 12.7. The average molecular weight is 505 g/mol. The van der Waals surface area contributed by atoms with Gasteiger partial charge in [0, 0.05) is 43.2 Å². The Hall–Kier alpha value is -1.99. The lowest BCUT2D eigenvalue weighted by Crippen LogP contribution is -2.54. The minimum atomic E-state index is -1.21. The number of aliphatic carboxylic acids is 1. The van der Waals surface area contributed by atoms with Crippen LogP contribution in [0, 0.1) is 5.41 Å². The monoisotopic (exact) mass is 504 g/mol. The number of hydrogen-bond acceptors (Lipinski definition) is 9. The van der Waals surface area contributed by atoms with Crippen molar-refractivity contribution >= 4 is 34.7 Å². The van der Waals surface area contributed by atoms with Gasteiger partial charge in [-0.1, -0.05) is 32.5 Å². The first-order chi connectivity index (χ1) is 15.9. The highest BCUT2D eigenvalue weighted by molar-refractivity contribution is 8.14. The number of aliphatic hydroxyl groups is 2. The SMILES string of the molecule is CCC(O)CC(O)CC1OCC(C)(C)[C@H](C(=O)NCCC(=O)NCCSC(=O)/C=C/C(=O)O)O1. The molecule has 0 spiro atoms. The van der Waals surface area contributed by atoms with Crippen LogP contribution in [0.5, 0.6) is 0 Å². The molecule has 0 aromatic carbocycles. The largest absolute Gasteiger partial charge is 0.478 e. The summed E-state index contributed by atoms with van der Waals surface area (Å²) in [6, 6.07) is 0. The van der Waals surface area contributed by atoms with E-state index in [1.807, 2.05) is 20.8 Å². The van der Waals surface area contributed by atoms with Crippen LogP contribution in [0.4, 0.5) is 0 Å². The zero-order chi connectivity index (χ0) is 25.7. The van der Waals surface area contributed by atoms with Crippen molar-refractivity contribution in [2.24, 2.45) is 5.41 Å². The molecular formula is C22H36N2O9S. The maximum absolute atomic E-state index is 12.7. The lowest BCUT2D eigenvalue weighted by atomic mass is 9.85. The Morgan fingerprint density at radius 2 is 1.82 bits per heavy atom. The van der Waals surface area contributed by atoms with Crippen LogP contribution in [0.25, 0.3) is 0 Å². The summed E-state index contributed by atoms with van der Waals surface area (Å²) < 4.78 is 11.4. The molecule has 5 N–H and O–H groups in total. The van der Waals surface area contributed by atoms with Crippen LogP contribution in [0.3, 0.4) is 0 Å². The van der Waals surface area contributed by atoms with E-state index < -0.39 is 41.1 Å². The highest BCUT2D eigenvalue weighted by Gasteiger charge is 2.43. The Morgan fingerprint density at radius 1 is 1.12 bits per heavy atom. The van der Waals surface area contributed by atoms with E-state index in [9.17, 15) is 29.4 Å². The van der Waals surface area contributed by atoms with Crippen LogP contribution in [0.2, 0.25) is 0 Å². The van der Waals surface area contributed by atoms with Crippen molar-refractivity contribution < 1.29 is 44.0 Å². The Kier molecular flexibility index (Phi) is 13.3. The highest BCUT2D eigenvalue weighted by atomic mass is 32.2. The van der Waals surface area contributed by atoms with Gasteiger partial charge in [0.2, 0.25) is 16.9 Å². The van der Waals surface area contributed by atoms with E-state index in [1.54, 1.807) is 0 Å². The summed E-state index contributed by atoms with van der Waals surface area (Å²) in [4.78, 5) is 46.3. The summed E-state index contributed by atoms with van der Waals surface area (Å²) in [6.45, 7) is 6.01. The van der Waals surface area contributed by atoms with Crippen molar-refractivity contribution in [1.82, 2.24) is 10.6 Å². The molecule has 1 aliphatic heterocycles. The average Bonchev–Trinajstić information content (AvgIpc) is 2.76. The summed E-state index contributed by atoms with van der Waals surface area (Å²) in [5.74, 6) is -1.62. The molecule has 0 aliphatic carbocycles. The smallest absolute Gasteiger partial charge is 0.328 e. The predicted molar refractivity (Wildman–Crippen MR) is 125 cm³/mol. The molecule has 0 aromatic heterocycles. The van der Waals surface area contributed by atoms with Gasteiger partial charge in [-0.15, -0.1) is 0 Å². The highest BCUT2D eigenvalue weighted by Crippen LogP contribution is 2.32. The van der Waals surface area contributed by atoms with Crippen molar-refractivity contribution in [2.45, 2.75) is 71.1 Å². The number of carbonyl (C=O) groups is 4. The summed E-state index contributed by atoms with van der Waals surface area (Å²) in [5, 5.41) is 33.1. The van der Waals surface area contributed by atoms with E-state index >= 15 is 0 Å². The fourth-order valence-electron chi connectivity index (χ4n) is 3.11. The normalized spacial score (nSPS) is 21.6. The number of carbonyl (C=O) groups excluding carboxylic acids is 3. The van der Waals surface area contributed by atoms with Gasteiger partial charge >= 0.3 is 5.97 Å². The van der Waals surface area contributed by atoms with Crippen LogP contribution in [-0.4, -0.2) is 88.3 Å². The molecular weight excluding hydrogens is 468 g/mol. The number of amides is 2. The van der Waals surface area contributed by atoms with Gasteiger partial charge in [0.25, 0.3) is 0 Å². The van der Waals surface area contributed by atoms with E-state index in [2.05, 4.69) is 10.6 Å². The van der Waals surface area contributed by atoms with Gasteiger partial charge in [0.1, 0.15) is 6.10 Å². The van der Waals surface area contributed by atoms with Crippen LogP contribution in [-0.2, 0) is 28.7 Å². The molecule has 1 fully saturated rings. The number of carboxylic acid groups (broad SMARTS) is 1. The molecule has 1 aliphatic rings. The van der Waals surface area contributed by atoms with E-state index in [0.29, 0.717) is 6.42 Å². The Bertz CT molecular complexity index is 729. The van der Waals surface area contributed by atoms with Gasteiger partial charge in [-0.2, -0.15) is 0 Å². The topological polar surface area (TPSA) is 171 Å². The lowest BCUT2D eigenvalue weighted by Gasteiger charge is -2.41. The molecule has 1 rings (SSSR count). The van der Waals surface area contributed by atoms with Gasteiger partial charge in [-0.3, -0.25) is 14.4 Å². The number of thioether (sulfide) groups is 1. The molecule has 2 amide bonds. The maximum Gasteiger partial charge on any atom is 0.328 e.